The van der Waals surface area contributed by atoms with Crippen molar-refractivity contribution in [3.8, 4) is 5.75 Å². The molecule has 0 fully saturated rings. The highest BCUT2D eigenvalue weighted by molar-refractivity contribution is 9.09. The number of nitrogens with zero attached hydrogens (tertiary/aromatic N) is 1. The summed E-state index contributed by atoms with van der Waals surface area (Å²) in [6.07, 6.45) is 0.954. The first kappa shape index (κ1) is 12.5. The first-order valence-electron chi connectivity index (χ1n) is 4.63. The minimum Gasteiger partial charge on any atom is -0.495 e. The topological polar surface area (TPSA) is 29.5 Å². The van der Waals surface area contributed by atoms with E-state index in [1.165, 1.54) is 11.3 Å². The second-order valence-corrected chi connectivity index (χ2v) is 4.80. The predicted molar refractivity (Wildman–Crippen MR) is 66.2 cm³/mol. The molecule has 0 radical (unpaired) electrons. The van der Waals surface area contributed by atoms with E-state index in [2.05, 4.69) is 15.9 Å². The summed E-state index contributed by atoms with van der Waals surface area (Å²) < 4.78 is 5.11. The molecule has 0 aromatic carbocycles. The number of hydrogen-bond donors (Lipinski definition) is 0. The molecular weight excluding hydrogens is 278 g/mol. The lowest BCUT2D eigenvalue weighted by molar-refractivity contribution is 0.0797. The highest BCUT2D eigenvalue weighted by atomic mass is 79.9. The number of halogens is 1. The minimum atomic E-state index is 0.0304. The molecule has 0 aliphatic carbocycles. The number of methoxy groups -OCH3 is 1. The Morgan fingerprint density at radius 1 is 1.67 bits per heavy atom. The van der Waals surface area contributed by atoms with E-state index in [9.17, 15) is 4.79 Å². The number of rotatable bonds is 5. The predicted octanol–water partition coefficient (Wildman–Crippen LogP) is 2.61. The fraction of sp³-hybridized carbons (Fsp3) is 0.500. The van der Waals surface area contributed by atoms with Crippen LogP contribution < -0.4 is 4.74 Å². The third kappa shape index (κ3) is 3.21. The molecular formula is C10H14BrNO2S. The molecule has 5 heteroatoms. The molecule has 1 heterocycles. The van der Waals surface area contributed by atoms with Gasteiger partial charge in [0.05, 0.1) is 7.11 Å². The average molecular weight is 292 g/mol. The first-order chi connectivity index (χ1) is 7.20. The summed E-state index contributed by atoms with van der Waals surface area (Å²) >= 11 is 4.76. The molecule has 3 nitrogen and oxygen atoms in total. The second kappa shape index (κ2) is 6.12. The lowest BCUT2D eigenvalue weighted by atomic mass is 10.3. The van der Waals surface area contributed by atoms with Crippen LogP contribution in [-0.4, -0.2) is 36.8 Å². The van der Waals surface area contributed by atoms with Crippen molar-refractivity contribution < 1.29 is 9.53 Å². The molecule has 0 spiro atoms. The summed E-state index contributed by atoms with van der Waals surface area (Å²) in [4.78, 5) is 14.3. The lowest BCUT2D eigenvalue weighted by Gasteiger charge is -2.15. The Bertz CT molecular complexity index is 327. The van der Waals surface area contributed by atoms with Gasteiger partial charge in [0.15, 0.2) is 0 Å². The molecule has 84 valence electrons. The number of carbonyl (C=O) groups excluding carboxylic acids is 1. The van der Waals surface area contributed by atoms with Crippen molar-refractivity contribution in [2.45, 2.75) is 6.42 Å². The van der Waals surface area contributed by atoms with E-state index in [1.807, 2.05) is 18.5 Å². The van der Waals surface area contributed by atoms with Gasteiger partial charge in [0, 0.05) is 18.9 Å². The molecule has 15 heavy (non-hydrogen) atoms. The van der Waals surface area contributed by atoms with Crippen LogP contribution >= 0.6 is 27.3 Å². The zero-order chi connectivity index (χ0) is 11.3. The molecule has 1 amide bonds. The molecule has 0 aliphatic rings. The van der Waals surface area contributed by atoms with Gasteiger partial charge in [-0.15, -0.1) is 11.3 Å². The third-order valence-corrected chi connectivity index (χ3v) is 3.46. The van der Waals surface area contributed by atoms with E-state index < -0.39 is 0 Å². The van der Waals surface area contributed by atoms with Gasteiger partial charge in [0.2, 0.25) is 0 Å². The van der Waals surface area contributed by atoms with Crippen molar-refractivity contribution in [3.05, 3.63) is 16.3 Å². The Morgan fingerprint density at radius 3 is 3.00 bits per heavy atom. The summed E-state index contributed by atoms with van der Waals surface area (Å²) in [6.45, 7) is 0.755. The van der Waals surface area contributed by atoms with Crippen molar-refractivity contribution in [1.29, 1.82) is 0 Å². The number of ether oxygens (including phenoxy) is 1. The number of thiophene rings is 1. The van der Waals surface area contributed by atoms with Crippen LogP contribution in [0.1, 0.15) is 16.1 Å². The van der Waals surface area contributed by atoms with Gasteiger partial charge in [-0.05, 0) is 17.9 Å². The molecule has 0 saturated heterocycles. The Balaban J connectivity index is 2.67. The van der Waals surface area contributed by atoms with Crippen LogP contribution in [0.5, 0.6) is 5.75 Å². The van der Waals surface area contributed by atoms with Crippen molar-refractivity contribution in [2.24, 2.45) is 0 Å². The highest BCUT2D eigenvalue weighted by Crippen LogP contribution is 2.25. The van der Waals surface area contributed by atoms with Crippen molar-refractivity contribution >= 4 is 33.2 Å². The second-order valence-electron chi connectivity index (χ2n) is 3.09. The van der Waals surface area contributed by atoms with Crippen LogP contribution in [0.15, 0.2) is 11.4 Å². The average Bonchev–Trinajstić information content (AvgIpc) is 2.72. The van der Waals surface area contributed by atoms with Crippen LogP contribution in [0.4, 0.5) is 0 Å². The van der Waals surface area contributed by atoms with Gasteiger partial charge in [-0.25, -0.2) is 0 Å². The third-order valence-electron chi connectivity index (χ3n) is 2.02. The van der Waals surface area contributed by atoms with Gasteiger partial charge < -0.3 is 9.64 Å². The van der Waals surface area contributed by atoms with E-state index in [-0.39, 0.29) is 5.91 Å². The van der Waals surface area contributed by atoms with Gasteiger partial charge >= 0.3 is 0 Å². The quantitative estimate of drug-likeness (QED) is 0.781. The molecule has 0 bridgehead atoms. The van der Waals surface area contributed by atoms with Crippen LogP contribution in [0.2, 0.25) is 0 Å². The number of alkyl halides is 1. The number of amides is 1. The Hall–Kier alpha value is -0.550. The molecule has 0 aliphatic heterocycles. The van der Waals surface area contributed by atoms with Crippen LogP contribution in [-0.2, 0) is 0 Å². The zero-order valence-corrected chi connectivity index (χ0v) is 11.2. The molecule has 1 rings (SSSR count). The molecule has 1 aromatic heterocycles. The van der Waals surface area contributed by atoms with E-state index in [4.69, 9.17) is 4.74 Å². The van der Waals surface area contributed by atoms with E-state index in [0.717, 1.165) is 18.3 Å². The summed E-state index contributed by atoms with van der Waals surface area (Å²) in [5.74, 6) is 0.693. The molecule has 0 N–H and O–H groups in total. The summed E-state index contributed by atoms with van der Waals surface area (Å²) in [5, 5.41) is 2.77. The van der Waals surface area contributed by atoms with Gasteiger partial charge in [0.1, 0.15) is 10.6 Å². The maximum absolute atomic E-state index is 11.9. The summed E-state index contributed by atoms with van der Waals surface area (Å²) in [5.41, 5.74) is 0. The van der Waals surface area contributed by atoms with Gasteiger partial charge in [-0.1, -0.05) is 15.9 Å². The van der Waals surface area contributed by atoms with Gasteiger partial charge in [-0.2, -0.15) is 0 Å². The van der Waals surface area contributed by atoms with E-state index in [0.29, 0.717) is 10.6 Å². The molecule has 0 atom stereocenters. The highest BCUT2D eigenvalue weighted by Gasteiger charge is 2.17. The van der Waals surface area contributed by atoms with Crippen LogP contribution in [0.25, 0.3) is 0 Å². The fourth-order valence-electron chi connectivity index (χ4n) is 1.19. The summed E-state index contributed by atoms with van der Waals surface area (Å²) in [6, 6.07) is 1.82. The van der Waals surface area contributed by atoms with Crippen LogP contribution in [0, 0.1) is 0 Å². The van der Waals surface area contributed by atoms with E-state index in [1.54, 1.807) is 12.0 Å². The Kier molecular flexibility index (Phi) is 5.11. The monoisotopic (exact) mass is 291 g/mol. The molecule has 1 aromatic rings. The lowest BCUT2D eigenvalue weighted by Crippen LogP contribution is -2.27. The van der Waals surface area contributed by atoms with Crippen molar-refractivity contribution in [2.75, 3.05) is 26.0 Å². The standard InChI is InChI=1S/C10H14BrNO2S/c1-12(6-3-5-11)10(13)9-8(14-2)4-7-15-9/h4,7H,3,5-6H2,1-2H3. The van der Waals surface area contributed by atoms with Crippen LogP contribution in [0.3, 0.4) is 0 Å². The fourth-order valence-corrected chi connectivity index (χ4v) is 2.29. The van der Waals surface area contributed by atoms with Gasteiger partial charge in [-0.3, -0.25) is 4.79 Å². The number of carbonyl (C=O) groups is 1. The minimum absolute atomic E-state index is 0.0304. The smallest absolute Gasteiger partial charge is 0.267 e. The number of hydrogen-bond acceptors (Lipinski definition) is 3. The SMILES string of the molecule is COc1ccsc1C(=O)N(C)CCCBr. The van der Waals surface area contributed by atoms with E-state index >= 15 is 0 Å². The zero-order valence-electron chi connectivity index (χ0n) is 8.83. The molecule has 0 unspecified atom stereocenters. The Morgan fingerprint density at radius 2 is 2.40 bits per heavy atom. The normalized spacial score (nSPS) is 10.1. The van der Waals surface area contributed by atoms with Crippen molar-refractivity contribution in [3.63, 3.8) is 0 Å². The maximum Gasteiger partial charge on any atom is 0.267 e. The molecule has 0 saturated carbocycles. The van der Waals surface area contributed by atoms with Crippen molar-refractivity contribution in [1.82, 2.24) is 4.90 Å². The first-order valence-corrected chi connectivity index (χ1v) is 6.63. The Labute approximate surface area is 102 Å². The van der Waals surface area contributed by atoms with Gasteiger partial charge in [0.25, 0.3) is 5.91 Å². The maximum atomic E-state index is 11.9. The largest absolute Gasteiger partial charge is 0.495 e. The summed E-state index contributed by atoms with van der Waals surface area (Å²) in [7, 11) is 3.39.